The van der Waals surface area contributed by atoms with Crippen LogP contribution >= 0.6 is 0 Å². The van der Waals surface area contributed by atoms with Crippen LogP contribution in [0, 0.1) is 6.92 Å². The van der Waals surface area contributed by atoms with Gasteiger partial charge in [-0.3, -0.25) is 0 Å². The van der Waals surface area contributed by atoms with E-state index >= 15 is 0 Å². The third-order valence-electron chi connectivity index (χ3n) is 1.97. The summed E-state index contributed by atoms with van der Waals surface area (Å²) in [7, 11) is 0. The average molecular weight is 271 g/mol. The summed E-state index contributed by atoms with van der Waals surface area (Å²) in [6.07, 6.45) is -9.48. The van der Waals surface area contributed by atoms with Gasteiger partial charge in [-0.2, -0.15) is 26.3 Å². The summed E-state index contributed by atoms with van der Waals surface area (Å²) in [4.78, 5) is 0. The highest BCUT2D eigenvalue weighted by atomic mass is 19.4. The molecule has 0 fully saturated rings. The maximum Gasteiger partial charge on any atom is 0.416 e. The first-order valence-corrected chi connectivity index (χ1v) is 4.86. The Morgan fingerprint density at radius 3 is 1.67 bits per heavy atom. The summed E-state index contributed by atoms with van der Waals surface area (Å²) >= 11 is 0. The molecule has 0 unspecified atom stereocenters. The zero-order valence-electron chi connectivity index (χ0n) is 9.03. The van der Waals surface area contributed by atoms with E-state index in [4.69, 9.17) is 4.74 Å². The van der Waals surface area contributed by atoms with Gasteiger partial charge in [-0.15, -0.1) is 0 Å². The van der Waals surface area contributed by atoms with Crippen LogP contribution in [0.25, 0.3) is 0 Å². The van der Waals surface area contributed by atoms with Crippen molar-refractivity contribution in [1.82, 2.24) is 0 Å². The van der Waals surface area contributed by atoms with Gasteiger partial charge in [0.15, 0.2) is 0 Å². The lowest BCUT2D eigenvalue weighted by Gasteiger charge is -2.14. The van der Waals surface area contributed by atoms with Gasteiger partial charge in [-0.25, -0.2) is 0 Å². The summed E-state index contributed by atoms with van der Waals surface area (Å²) in [5.41, 5.74) is -2.78. The van der Waals surface area contributed by atoms with Gasteiger partial charge in [-0.1, -0.05) is 0 Å². The summed E-state index contributed by atoms with van der Waals surface area (Å²) in [6, 6.07) is 1.12. The number of hydrogen-bond acceptors (Lipinski definition) is 1. The summed E-state index contributed by atoms with van der Waals surface area (Å²) in [5, 5.41) is 0. The topological polar surface area (TPSA) is 9.23 Å². The molecule has 0 atom stereocenters. The van der Waals surface area contributed by atoms with Crippen LogP contribution in [-0.4, -0.2) is 6.61 Å². The van der Waals surface area contributed by atoms with Crippen LogP contribution in [0.5, 0.6) is 5.75 Å². The molecule has 0 N–H and O–H groups in total. The minimum Gasteiger partial charge on any atom is -0.494 e. The van der Waals surface area contributed by atoms with Crippen molar-refractivity contribution in [1.29, 1.82) is 0 Å². The Morgan fingerprint density at radius 2 is 1.33 bits per heavy atom. The molecule has 0 aliphatic carbocycles. The first-order valence-electron chi connectivity index (χ1n) is 4.86. The van der Waals surface area contributed by atoms with Gasteiger partial charge in [-0.05, 0) is 31.5 Å². The fourth-order valence-corrected chi connectivity index (χ4v) is 1.20. The quantitative estimate of drug-likeness (QED) is 0.743. The second-order valence-corrected chi connectivity index (χ2v) is 3.44. The molecule has 1 aromatic carbocycles. The van der Waals surface area contributed by atoms with Gasteiger partial charge < -0.3 is 4.74 Å². The second kappa shape index (κ2) is 5.07. The number of ether oxygens (including phenoxy) is 1. The summed E-state index contributed by atoms with van der Waals surface area (Å²) in [5.74, 6) is -0.471. The maximum absolute atomic E-state index is 12.4. The third-order valence-corrected chi connectivity index (χ3v) is 1.97. The van der Waals surface area contributed by atoms with Crippen molar-refractivity contribution < 1.29 is 31.1 Å². The van der Waals surface area contributed by atoms with E-state index in [-0.39, 0.29) is 19.1 Å². The van der Waals surface area contributed by atoms with Crippen LogP contribution in [0.3, 0.4) is 0 Å². The zero-order valence-corrected chi connectivity index (χ0v) is 9.03. The molecule has 0 saturated heterocycles. The molecule has 7 heteroatoms. The summed E-state index contributed by atoms with van der Waals surface area (Å²) in [6.45, 7) is 3.32. The van der Waals surface area contributed by atoms with Crippen LogP contribution in [0.2, 0.25) is 0 Å². The van der Waals surface area contributed by atoms with Crippen molar-refractivity contribution in [3.8, 4) is 5.75 Å². The highest BCUT2D eigenvalue weighted by Crippen LogP contribution is 2.38. The molecule has 1 aromatic rings. The van der Waals surface area contributed by atoms with E-state index in [9.17, 15) is 26.3 Å². The Balaban J connectivity index is 3.21. The van der Waals surface area contributed by atoms with Crippen molar-refractivity contribution in [2.24, 2.45) is 0 Å². The largest absolute Gasteiger partial charge is 0.494 e. The van der Waals surface area contributed by atoms with E-state index in [0.717, 1.165) is 0 Å². The molecule has 0 heterocycles. The molecule has 0 saturated carbocycles. The van der Waals surface area contributed by atoms with E-state index in [0.29, 0.717) is 12.1 Å². The minimum atomic E-state index is -4.86. The van der Waals surface area contributed by atoms with E-state index < -0.39 is 29.2 Å². The predicted octanol–water partition coefficient (Wildman–Crippen LogP) is 4.33. The van der Waals surface area contributed by atoms with Crippen molar-refractivity contribution in [3.05, 3.63) is 36.2 Å². The first kappa shape index (κ1) is 14.7. The molecule has 101 valence electrons. The maximum atomic E-state index is 12.4. The van der Waals surface area contributed by atoms with E-state index in [2.05, 4.69) is 6.92 Å². The molecule has 0 bridgehead atoms. The number of rotatable bonds is 3. The lowest BCUT2D eigenvalue weighted by Crippen LogP contribution is -2.11. The molecule has 1 nitrogen and oxygen atoms in total. The number of alkyl halides is 6. The van der Waals surface area contributed by atoms with Gasteiger partial charge in [0.05, 0.1) is 17.7 Å². The summed E-state index contributed by atoms with van der Waals surface area (Å²) < 4.78 is 79.3. The monoisotopic (exact) mass is 271 g/mol. The molecule has 0 amide bonds. The lowest BCUT2D eigenvalue weighted by atomic mass is 10.1. The molecule has 1 radical (unpaired) electrons. The zero-order chi connectivity index (χ0) is 14.0. The van der Waals surface area contributed by atoms with Gasteiger partial charge in [0.25, 0.3) is 0 Å². The van der Waals surface area contributed by atoms with Crippen molar-refractivity contribution in [2.45, 2.75) is 18.8 Å². The minimum absolute atomic E-state index is 0.0526. The molecule has 0 aromatic heterocycles. The fourth-order valence-electron chi connectivity index (χ4n) is 1.20. The molecule has 0 spiro atoms. The van der Waals surface area contributed by atoms with Crippen molar-refractivity contribution in [2.75, 3.05) is 6.61 Å². The Labute approximate surface area is 99.4 Å². The predicted molar refractivity (Wildman–Crippen MR) is 51.9 cm³/mol. The van der Waals surface area contributed by atoms with Gasteiger partial charge in [0.1, 0.15) is 5.75 Å². The molecule has 0 aliphatic heterocycles. The van der Waals surface area contributed by atoms with E-state index in [1.165, 1.54) is 0 Å². The number of hydrogen-bond donors (Lipinski definition) is 0. The molecule has 0 aliphatic rings. The van der Waals surface area contributed by atoms with Gasteiger partial charge in [0.2, 0.25) is 0 Å². The van der Waals surface area contributed by atoms with Crippen LogP contribution in [0.4, 0.5) is 26.3 Å². The van der Waals surface area contributed by atoms with E-state index in [1.807, 2.05) is 0 Å². The SMILES string of the molecule is [CH2]CCOc1cc(C(F)(F)F)cc(C(F)(F)F)c1. The molecule has 18 heavy (non-hydrogen) atoms. The van der Waals surface area contributed by atoms with Crippen LogP contribution in [0.15, 0.2) is 18.2 Å². The van der Waals surface area contributed by atoms with Gasteiger partial charge in [0, 0.05) is 0 Å². The lowest BCUT2D eigenvalue weighted by molar-refractivity contribution is -0.143. The average Bonchev–Trinajstić information content (AvgIpc) is 2.23. The van der Waals surface area contributed by atoms with Crippen LogP contribution in [-0.2, 0) is 12.4 Å². The first-order chi connectivity index (χ1) is 8.14. The third kappa shape index (κ3) is 3.82. The Hall–Kier alpha value is -1.40. The Kier molecular flexibility index (Phi) is 4.13. The fraction of sp³-hybridized carbons (Fsp3) is 0.364. The standard InChI is InChI=1S/C11H9F6O/c1-2-3-18-9-5-7(10(12,13)14)4-8(6-9)11(15,16)17/h4-6H,1-3H2. The van der Waals surface area contributed by atoms with Crippen LogP contribution in [0.1, 0.15) is 17.5 Å². The van der Waals surface area contributed by atoms with Crippen molar-refractivity contribution >= 4 is 0 Å². The molecular weight excluding hydrogens is 262 g/mol. The van der Waals surface area contributed by atoms with E-state index in [1.54, 1.807) is 0 Å². The van der Waals surface area contributed by atoms with Crippen molar-refractivity contribution in [3.63, 3.8) is 0 Å². The smallest absolute Gasteiger partial charge is 0.416 e. The number of benzene rings is 1. The Bertz CT molecular complexity index is 375. The Morgan fingerprint density at radius 1 is 0.889 bits per heavy atom. The highest BCUT2D eigenvalue weighted by molar-refractivity contribution is 5.37. The van der Waals surface area contributed by atoms with Crippen LogP contribution < -0.4 is 4.74 Å². The highest BCUT2D eigenvalue weighted by Gasteiger charge is 2.37. The number of halogens is 6. The second-order valence-electron chi connectivity index (χ2n) is 3.44. The molecular formula is C11H9F6O. The molecule has 1 rings (SSSR count). The normalized spacial score (nSPS) is 12.6. The van der Waals surface area contributed by atoms with Gasteiger partial charge >= 0.3 is 12.4 Å².